The van der Waals surface area contributed by atoms with Crippen LogP contribution in [0.2, 0.25) is 0 Å². The van der Waals surface area contributed by atoms with E-state index in [1.165, 1.54) is 0 Å². The summed E-state index contributed by atoms with van der Waals surface area (Å²) < 4.78 is 0. The van der Waals surface area contributed by atoms with Gasteiger partial charge in [0.25, 0.3) is 0 Å². The summed E-state index contributed by atoms with van der Waals surface area (Å²) in [6, 6.07) is 0. The quantitative estimate of drug-likeness (QED) is 0.325. The fourth-order valence-corrected chi connectivity index (χ4v) is 0. The van der Waals surface area contributed by atoms with Gasteiger partial charge in [0.15, 0.2) is 0 Å². The zero-order valence-electron chi connectivity index (χ0n) is 14.8. The van der Waals surface area contributed by atoms with Crippen molar-refractivity contribution in [3.05, 3.63) is 0 Å². The second-order valence-corrected chi connectivity index (χ2v) is 3.95. The fourth-order valence-electron chi connectivity index (χ4n) is 0. The van der Waals surface area contributed by atoms with Gasteiger partial charge in [0.1, 0.15) is 0 Å². The molecule has 26 heavy (non-hydrogen) atoms. The summed E-state index contributed by atoms with van der Waals surface area (Å²) in [5.74, 6) is -5.85. The number of aliphatic hydroxyl groups is 3. The fraction of sp³-hybridized carbons (Fsp3) is 0.667. The minimum atomic E-state index is -1.59. The van der Waals surface area contributed by atoms with Crippen molar-refractivity contribution >= 4 is 23.9 Å². The van der Waals surface area contributed by atoms with Crippen LogP contribution in [0.3, 0.4) is 0 Å². The van der Waals surface area contributed by atoms with E-state index in [1.807, 2.05) is 0 Å². The van der Waals surface area contributed by atoms with E-state index >= 15 is 0 Å². The normalized spacial score (nSPS) is 12.6. The molecule has 4 unspecified atom stereocenters. The van der Waals surface area contributed by atoms with Crippen LogP contribution in [-0.4, -0.2) is 63.6 Å². The van der Waals surface area contributed by atoms with Gasteiger partial charge in [-0.15, -0.1) is 0 Å². The molecular weight excluding hydrogens is 450 g/mol. The van der Waals surface area contributed by atoms with Crippen molar-refractivity contribution in [1.82, 2.24) is 0 Å². The molecule has 0 saturated heterocycles. The number of aliphatic carboxylic acids is 4. The Morgan fingerprint density at radius 2 is 0.692 bits per heavy atom. The Bertz CT molecular complexity index is 312. The number of carboxylic acid groups (broad SMARTS) is 4. The summed E-state index contributed by atoms with van der Waals surface area (Å²) in [6.45, 7) is 4.43. The molecule has 0 spiro atoms. The second-order valence-electron chi connectivity index (χ2n) is 3.95. The Kier molecular flexibility index (Phi) is 38.2. The minimum absolute atomic E-state index is 0. The van der Waals surface area contributed by atoms with E-state index in [0.29, 0.717) is 0 Å². The molecule has 0 aliphatic carbocycles. The summed E-state index contributed by atoms with van der Waals surface area (Å²) in [4.78, 5) is 37.3. The van der Waals surface area contributed by atoms with E-state index in [4.69, 9.17) is 15.3 Å². The summed E-state index contributed by atoms with van der Waals surface area (Å²) in [6.07, 6.45) is -5.62. The van der Waals surface area contributed by atoms with Gasteiger partial charge >= 0.3 is 55.8 Å². The number of carbonyl (C=O) groups is 4. The summed E-state index contributed by atoms with van der Waals surface area (Å²) in [5.41, 5.74) is 0. The predicted octanol–water partition coefficient (Wildman–Crippen LogP) is -11.2. The molecule has 0 aliphatic heterocycles. The molecule has 14 heteroatoms. The topological polar surface area (TPSA) is 244 Å². The third-order valence-electron chi connectivity index (χ3n) is 1.36. The zero-order valence-corrected chi connectivity index (χ0v) is 19.3. The van der Waals surface area contributed by atoms with Gasteiger partial charge in [0, 0.05) is 5.97 Å². The standard InChI is InChI=1S/3C3H6O3.C3H5O3.Na.Zr/c4*1-2(4)3(5)6;;/h3*2,4H,1H3,(H,5,6);2H,1H3,(H,5,6);;/q;;;-1;+1;+4/p-4. The minimum Gasteiger partial charge on any atom is -0.848 e. The summed E-state index contributed by atoms with van der Waals surface area (Å²) in [5, 5.41) is 70.8. The van der Waals surface area contributed by atoms with Crippen molar-refractivity contribution in [2.24, 2.45) is 0 Å². The van der Waals surface area contributed by atoms with Crippen LogP contribution >= 0.6 is 0 Å². The maximum atomic E-state index is 9.56. The summed E-state index contributed by atoms with van der Waals surface area (Å²) >= 11 is 0. The molecule has 0 aromatic rings. The number of aliphatic hydroxyl groups excluding tert-OH is 3. The third kappa shape index (κ3) is 49.5. The Balaban J connectivity index is -0.0000000500. The van der Waals surface area contributed by atoms with Crippen LogP contribution in [0, 0.1) is 0 Å². The largest absolute Gasteiger partial charge is 4.00 e. The van der Waals surface area contributed by atoms with Gasteiger partial charge in [0.2, 0.25) is 0 Å². The van der Waals surface area contributed by atoms with Crippen molar-refractivity contribution < 1.29 is 116 Å². The van der Waals surface area contributed by atoms with E-state index < -0.39 is 48.3 Å². The molecule has 0 amide bonds. The molecule has 0 heterocycles. The van der Waals surface area contributed by atoms with Crippen molar-refractivity contribution in [3.8, 4) is 0 Å². The molecule has 0 rings (SSSR count). The second kappa shape index (κ2) is 24.6. The molecule has 3 N–H and O–H groups in total. The van der Waals surface area contributed by atoms with Crippen molar-refractivity contribution in [1.29, 1.82) is 0 Å². The van der Waals surface area contributed by atoms with E-state index in [1.54, 1.807) is 0 Å². The van der Waals surface area contributed by atoms with Crippen LogP contribution in [0.4, 0.5) is 0 Å². The third-order valence-corrected chi connectivity index (χ3v) is 1.36. The number of hydrogen-bond acceptors (Lipinski definition) is 12. The Morgan fingerprint density at radius 3 is 0.692 bits per heavy atom. The van der Waals surface area contributed by atoms with Gasteiger partial charge in [-0.3, -0.25) is 0 Å². The first kappa shape index (κ1) is 40.3. The smallest absolute Gasteiger partial charge is 0.848 e. The van der Waals surface area contributed by atoms with Crippen molar-refractivity contribution in [2.75, 3.05) is 0 Å². The Labute approximate surface area is 190 Å². The van der Waals surface area contributed by atoms with Crippen molar-refractivity contribution in [2.45, 2.75) is 52.1 Å². The molecule has 144 valence electrons. The first-order chi connectivity index (χ1) is 10.6. The van der Waals surface area contributed by atoms with Crippen molar-refractivity contribution in [3.63, 3.8) is 0 Å². The van der Waals surface area contributed by atoms with E-state index in [9.17, 15) is 44.7 Å². The van der Waals surface area contributed by atoms with Crippen LogP contribution in [0.15, 0.2) is 0 Å². The van der Waals surface area contributed by atoms with E-state index in [2.05, 4.69) is 0 Å². The molecule has 0 aromatic carbocycles. The molecule has 0 aliphatic rings. The van der Waals surface area contributed by atoms with Gasteiger partial charge in [-0.05, 0) is 20.8 Å². The predicted molar refractivity (Wildman–Crippen MR) is 64.5 cm³/mol. The molecule has 0 bridgehead atoms. The number of carbonyl (C=O) groups excluding carboxylic acids is 4. The average molecular weight is 469 g/mol. The van der Waals surface area contributed by atoms with E-state index in [0.717, 1.165) is 27.7 Å². The number of carboxylic acids is 4. The van der Waals surface area contributed by atoms with Gasteiger partial charge in [-0.25, -0.2) is 0 Å². The molecule has 0 fully saturated rings. The molecule has 12 nitrogen and oxygen atoms in total. The van der Waals surface area contributed by atoms with Crippen LogP contribution < -0.4 is 55.1 Å². The van der Waals surface area contributed by atoms with Crippen LogP contribution in [-0.2, 0) is 45.4 Å². The van der Waals surface area contributed by atoms with Gasteiger partial charge in [-0.2, -0.15) is 0 Å². The first-order valence-electron chi connectivity index (χ1n) is 6.11. The van der Waals surface area contributed by atoms with E-state index in [-0.39, 0.29) is 55.8 Å². The monoisotopic (exact) mass is 468 g/mol. The van der Waals surface area contributed by atoms with Crippen LogP contribution in [0.5, 0.6) is 0 Å². The Hall–Kier alpha value is -0.397. The molecule has 0 saturated carbocycles. The van der Waals surface area contributed by atoms with Gasteiger partial charge < -0.3 is 60.0 Å². The van der Waals surface area contributed by atoms with Crippen LogP contribution in [0.1, 0.15) is 27.7 Å². The first-order valence-corrected chi connectivity index (χ1v) is 6.11. The molecule has 0 radical (unpaired) electrons. The summed E-state index contributed by atoms with van der Waals surface area (Å²) in [7, 11) is 0. The molecule has 4 atom stereocenters. The molecular formula is C12H19NaO12Zr. The number of hydrogen-bond donors (Lipinski definition) is 3. The van der Waals surface area contributed by atoms with Gasteiger partial charge in [0.05, 0.1) is 36.2 Å². The average Bonchev–Trinajstić information content (AvgIpc) is 2.40. The molecule has 0 aromatic heterocycles. The maximum absolute atomic E-state index is 9.56. The zero-order chi connectivity index (χ0) is 20.6. The number of rotatable bonds is 4. The van der Waals surface area contributed by atoms with Gasteiger partial charge in [-0.1, -0.05) is 13.0 Å². The maximum Gasteiger partial charge on any atom is 4.00 e. The van der Waals surface area contributed by atoms with Crippen LogP contribution in [0.25, 0.3) is 0 Å². The SMILES string of the molecule is CC(O)C(=O)[O-].CC(O)C(=O)[O-].CC(O)C(=O)[O-].CC([O-])C(=O)[O-].[Na+].[Zr+4]. The Morgan fingerprint density at radius 1 is 0.615 bits per heavy atom.